The van der Waals surface area contributed by atoms with Gasteiger partial charge in [-0.05, 0) is 80.0 Å². The molecular weight excluding hydrogens is 475 g/mol. The van der Waals surface area contributed by atoms with Crippen molar-refractivity contribution >= 4 is 47.0 Å². The smallest absolute Gasteiger partial charge is 0.246 e. The lowest BCUT2D eigenvalue weighted by Crippen LogP contribution is -2.20. The van der Waals surface area contributed by atoms with Gasteiger partial charge in [0.25, 0.3) is 0 Å². The number of benzene rings is 3. The molecule has 168 valence electrons. The summed E-state index contributed by atoms with van der Waals surface area (Å²) in [5, 5.41) is 8.64. The Balaban J connectivity index is 1.78. The second kappa shape index (κ2) is 9.51. The predicted molar refractivity (Wildman–Crippen MR) is 137 cm³/mol. The molecule has 0 aliphatic rings. The fourth-order valence-electron chi connectivity index (χ4n) is 3.58. The van der Waals surface area contributed by atoms with Crippen LogP contribution < -0.4 is 5.32 Å². The van der Waals surface area contributed by atoms with Crippen molar-refractivity contribution in [3.8, 4) is 17.1 Å². The molecule has 4 aromatic rings. The number of para-hydroxylation sites is 1. The highest BCUT2D eigenvalue weighted by Gasteiger charge is 2.19. The van der Waals surface area contributed by atoms with E-state index >= 15 is 0 Å². The number of halogens is 2. The third kappa shape index (κ3) is 4.88. The molecule has 8 heteroatoms. The maximum Gasteiger partial charge on any atom is 0.246 e. The molecule has 0 bridgehead atoms. The van der Waals surface area contributed by atoms with Gasteiger partial charge in [-0.2, -0.15) is 5.10 Å². The Morgan fingerprint density at radius 3 is 2.48 bits per heavy atom. The highest BCUT2D eigenvalue weighted by Crippen LogP contribution is 2.32. The van der Waals surface area contributed by atoms with Crippen LogP contribution in [0, 0.1) is 25.5 Å². The van der Waals surface area contributed by atoms with E-state index in [0.29, 0.717) is 26.2 Å². The summed E-state index contributed by atoms with van der Waals surface area (Å²) in [5.41, 5.74) is 5.37. The lowest BCUT2D eigenvalue weighted by molar-refractivity contribution is -0.116. The number of aryl methyl sites for hydroxylation is 3. The number of hydrogen-bond donors (Lipinski definition) is 1. The number of hydrogen-bond acceptors (Lipinski definition) is 3. The van der Waals surface area contributed by atoms with Crippen molar-refractivity contribution in [1.82, 2.24) is 14.3 Å². The van der Waals surface area contributed by atoms with Crippen molar-refractivity contribution in [3.63, 3.8) is 0 Å². The second-order valence-electron chi connectivity index (χ2n) is 7.88. The van der Waals surface area contributed by atoms with Gasteiger partial charge >= 0.3 is 0 Å². The predicted octanol–water partition coefficient (Wildman–Crippen LogP) is 6.94. The van der Waals surface area contributed by atoms with Crippen LogP contribution in [0.15, 0.2) is 60.7 Å². The second-order valence-corrected chi connectivity index (χ2v) is 9.09. The van der Waals surface area contributed by atoms with Gasteiger partial charge in [0, 0.05) is 16.3 Å². The number of anilines is 1. The van der Waals surface area contributed by atoms with Gasteiger partial charge in [0.1, 0.15) is 6.54 Å². The first-order valence-electron chi connectivity index (χ1n) is 10.3. The van der Waals surface area contributed by atoms with Crippen molar-refractivity contribution in [2.45, 2.75) is 27.3 Å². The standard InChI is InChI=1S/C25H22Cl2N4OS/c1-15-8-9-16(2)21(12-15)28-23(32)14-30-25(33)31(22-7-5-4-6-17(22)3)24(29-30)19-11-10-18(26)13-20(19)27/h4-13H,14H2,1-3H3,(H,28,32). The van der Waals surface area contributed by atoms with Gasteiger partial charge in [-0.3, -0.25) is 9.36 Å². The molecule has 0 saturated heterocycles. The summed E-state index contributed by atoms with van der Waals surface area (Å²) < 4.78 is 3.74. The van der Waals surface area contributed by atoms with Gasteiger partial charge in [0.15, 0.2) is 5.82 Å². The number of rotatable bonds is 5. The summed E-state index contributed by atoms with van der Waals surface area (Å²) in [6.45, 7) is 5.89. The van der Waals surface area contributed by atoms with E-state index in [2.05, 4.69) is 5.32 Å². The molecule has 33 heavy (non-hydrogen) atoms. The summed E-state index contributed by atoms with van der Waals surface area (Å²) in [6, 6.07) is 19.0. The Bertz CT molecular complexity index is 1420. The van der Waals surface area contributed by atoms with Crippen LogP contribution in [-0.4, -0.2) is 20.3 Å². The molecule has 4 rings (SSSR count). The minimum absolute atomic E-state index is 0.0384. The van der Waals surface area contributed by atoms with Gasteiger partial charge in [0.05, 0.1) is 10.7 Å². The SMILES string of the molecule is Cc1ccc(C)c(NC(=O)Cn2nc(-c3ccc(Cl)cc3Cl)n(-c3ccccc3C)c2=S)c1. The van der Waals surface area contributed by atoms with Crippen molar-refractivity contribution in [3.05, 3.63) is 92.2 Å². The fraction of sp³-hybridized carbons (Fsp3) is 0.160. The fourth-order valence-corrected chi connectivity index (χ4v) is 4.37. The number of aromatic nitrogens is 3. The molecule has 0 aliphatic heterocycles. The first kappa shape index (κ1) is 23.2. The van der Waals surface area contributed by atoms with Gasteiger partial charge in [-0.15, -0.1) is 0 Å². The average Bonchev–Trinajstić information content (AvgIpc) is 3.06. The van der Waals surface area contributed by atoms with Crippen LogP contribution in [0.1, 0.15) is 16.7 Å². The van der Waals surface area contributed by atoms with Gasteiger partial charge < -0.3 is 5.32 Å². The van der Waals surface area contributed by atoms with E-state index in [9.17, 15) is 4.79 Å². The maximum atomic E-state index is 12.9. The third-order valence-electron chi connectivity index (χ3n) is 5.33. The lowest BCUT2D eigenvalue weighted by Gasteiger charge is -2.11. The van der Waals surface area contributed by atoms with Crippen molar-refractivity contribution < 1.29 is 4.79 Å². The van der Waals surface area contributed by atoms with E-state index in [4.69, 9.17) is 40.5 Å². The van der Waals surface area contributed by atoms with Crippen LogP contribution in [0.4, 0.5) is 5.69 Å². The molecule has 0 saturated carbocycles. The van der Waals surface area contributed by atoms with E-state index in [1.807, 2.05) is 67.8 Å². The van der Waals surface area contributed by atoms with E-state index < -0.39 is 0 Å². The molecule has 1 aromatic heterocycles. The Kier molecular flexibility index (Phi) is 6.70. The summed E-state index contributed by atoms with van der Waals surface area (Å²) >= 11 is 18.4. The molecule has 0 unspecified atom stereocenters. The molecule has 3 aromatic carbocycles. The Labute approximate surface area is 207 Å². The average molecular weight is 497 g/mol. The summed E-state index contributed by atoms with van der Waals surface area (Å²) in [6.07, 6.45) is 0. The molecule has 1 amide bonds. The first-order valence-corrected chi connectivity index (χ1v) is 11.5. The highest BCUT2D eigenvalue weighted by atomic mass is 35.5. The van der Waals surface area contributed by atoms with Crippen LogP contribution in [-0.2, 0) is 11.3 Å². The van der Waals surface area contributed by atoms with Crippen molar-refractivity contribution in [2.24, 2.45) is 0 Å². The normalized spacial score (nSPS) is 10.9. The Morgan fingerprint density at radius 1 is 1.00 bits per heavy atom. The number of carbonyl (C=O) groups is 1. The van der Waals surface area contributed by atoms with E-state index in [-0.39, 0.29) is 12.5 Å². The summed E-state index contributed by atoms with van der Waals surface area (Å²) in [7, 11) is 0. The molecular formula is C25H22Cl2N4OS. The number of carbonyl (C=O) groups excluding carboxylic acids is 1. The molecule has 5 nitrogen and oxygen atoms in total. The quantitative estimate of drug-likeness (QED) is 0.304. The molecule has 0 fully saturated rings. The number of amides is 1. The number of nitrogens with one attached hydrogen (secondary N) is 1. The zero-order chi connectivity index (χ0) is 23.7. The van der Waals surface area contributed by atoms with Crippen molar-refractivity contribution in [1.29, 1.82) is 0 Å². The van der Waals surface area contributed by atoms with Crippen LogP contribution in [0.5, 0.6) is 0 Å². The molecule has 0 radical (unpaired) electrons. The monoisotopic (exact) mass is 496 g/mol. The van der Waals surface area contributed by atoms with E-state index in [1.165, 1.54) is 4.68 Å². The maximum absolute atomic E-state index is 12.9. The molecule has 0 spiro atoms. The largest absolute Gasteiger partial charge is 0.324 e. The molecule has 0 aliphatic carbocycles. The lowest BCUT2D eigenvalue weighted by atomic mass is 10.1. The zero-order valence-corrected chi connectivity index (χ0v) is 20.7. The van der Waals surface area contributed by atoms with Crippen LogP contribution in [0.3, 0.4) is 0 Å². The topological polar surface area (TPSA) is 51.9 Å². The number of nitrogens with zero attached hydrogens (tertiary/aromatic N) is 3. The van der Waals surface area contributed by atoms with Crippen molar-refractivity contribution in [2.75, 3.05) is 5.32 Å². The van der Waals surface area contributed by atoms with Crippen LogP contribution >= 0.6 is 35.4 Å². The zero-order valence-electron chi connectivity index (χ0n) is 18.4. The minimum Gasteiger partial charge on any atom is -0.324 e. The van der Waals surface area contributed by atoms with E-state index in [0.717, 1.165) is 28.1 Å². The highest BCUT2D eigenvalue weighted by molar-refractivity contribution is 7.71. The van der Waals surface area contributed by atoms with Gasteiger partial charge in [-0.25, -0.2) is 4.68 Å². The van der Waals surface area contributed by atoms with Crippen LogP contribution in [0.2, 0.25) is 10.0 Å². The molecule has 1 N–H and O–H groups in total. The Hall–Kier alpha value is -2.93. The summed E-state index contributed by atoms with van der Waals surface area (Å²) in [4.78, 5) is 12.9. The van der Waals surface area contributed by atoms with E-state index in [1.54, 1.807) is 18.2 Å². The summed E-state index contributed by atoms with van der Waals surface area (Å²) in [5.74, 6) is 0.318. The van der Waals surface area contributed by atoms with Gasteiger partial charge in [-0.1, -0.05) is 53.5 Å². The molecule has 0 atom stereocenters. The third-order valence-corrected chi connectivity index (χ3v) is 6.27. The minimum atomic E-state index is -0.219. The van der Waals surface area contributed by atoms with Gasteiger partial charge in [0.2, 0.25) is 10.7 Å². The first-order chi connectivity index (χ1) is 15.7. The van der Waals surface area contributed by atoms with Crippen LogP contribution in [0.25, 0.3) is 17.1 Å². The Morgan fingerprint density at radius 2 is 1.76 bits per heavy atom. The molecule has 1 heterocycles.